The maximum Gasteiger partial charge on any atom is 0.309 e. The summed E-state index contributed by atoms with van der Waals surface area (Å²) in [6.07, 6.45) is 5.96. The van der Waals surface area contributed by atoms with Gasteiger partial charge in [-0.05, 0) is 43.2 Å². The molecule has 5 rings (SSSR count). The van der Waals surface area contributed by atoms with Gasteiger partial charge in [0.2, 0.25) is 0 Å². The minimum absolute atomic E-state index is 0.00311. The number of esters is 1. The van der Waals surface area contributed by atoms with E-state index in [9.17, 15) is 4.79 Å². The minimum Gasteiger partial charge on any atom is -0.469 e. The second-order valence-electron chi connectivity index (χ2n) is 8.25. The third kappa shape index (κ3) is 2.27. The fourth-order valence-corrected chi connectivity index (χ4v) is 13.6. The summed E-state index contributed by atoms with van der Waals surface area (Å²) in [7, 11) is -0.571. The van der Waals surface area contributed by atoms with Gasteiger partial charge in [0.25, 0.3) is 0 Å². The van der Waals surface area contributed by atoms with Crippen LogP contribution in [-0.4, -0.2) is 21.2 Å². The first-order valence-electron chi connectivity index (χ1n) is 10.2. The molecule has 0 radical (unpaired) electrons. The molecule has 0 saturated carbocycles. The van der Waals surface area contributed by atoms with E-state index in [1.807, 2.05) is 0 Å². The number of hydrogen-bond donors (Lipinski definition) is 0. The van der Waals surface area contributed by atoms with E-state index >= 15 is 0 Å². The molecule has 2 nitrogen and oxygen atoms in total. The first-order chi connectivity index (χ1) is 13.3. The molecule has 3 atom stereocenters. The Labute approximate surface area is 162 Å². The molecule has 2 aliphatic heterocycles. The van der Waals surface area contributed by atoms with E-state index in [1.165, 1.54) is 36.1 Å². The maximum atomic E-state index is 12.8. The molecule has 1 aliphatic carbocycles. The molecule has 2 bridgehead atoms. The lowest BCUT2D eigenvalue weighted by Crippen LogP contribution is -2.61. The van der Waals surface area contributed by atoms with Gasteiger partial charge in [-0.2, -0.15) is 0 Å². The van der Waals surface area contributed by atoms with E-state index in [0.717, 1.165) is 6.42 Å². The normalized spacial score (nSPS) is 28.1. The molecule has 0 spiro atoms. The lowest BCUT2D eigenvalue weighted by molar-refractivity contribution is -0.145. The average molecular weight is 375 g/mol. The monoisotopic (exact) mass is 374 g/mol. The van der Waals surface area contributed by atoms with Crippen LogP contribution in [0.4, 0.5) is 0 Å². The number of fused-ring (bicyclic) bond motifs is 4. The molecule has 0 unspecified atom stereocenters. The number of methoxy groups -OCH3 is 1. The maximum absolute atomic E-state index is 12.8. The van der Waals surface area contributed by atoms with E-state index in [1.54, 1.807) is 18.3 Å². The Bertz CT molecular complexity index is 848. The summed E-state index contributed by atoms with van der Waals surface area (Å²) in [5, 5.41) is 2.99. The number of carbonyl (C=O) groups is 1. The van der Waals surface area contributed by atoms with E-state index in [-0.39, 0.29) is 11.9 Å². The Kier molecular flexibility index (Phi) is 4.08. The quantitative estimate of drug-likeness (QED) is 0.460. The summed E-state index contributed by atoms with van der Waals surface area (Å²) < 4.78 is 5.29. The van der Waals surface area contributed by atoms with Crippen molar-refractivity contribution < 1.29 is 9.53 Å². The predicted octanol–water partition coefficient (Wildman–Crippen LogP) is 4.07. The lowest BCUT2D eigenvalue weighted by atomic mass is 9.77. The van der Waals surface area contributed by atoms with Gasteiger partial charge >= 0.3 is 5.97 Å². The second kappa shape index (κ2) is 6.49. The fourth-order valence-electron chi connectivity index (χ4n) is 6.49. The van der Waals surface area contributed by atoms with Crippen LogP contribution in [0.2, 0.25) is 11.1 Å². The molecule has 0 amide bonds. The number of ether oxygens (including phenoxy) is 1. The topological polar surface area (TPSA) is 26.3 Å². The highest BCUT2D eigenvalue weighted by molar-refractivity contribution is 7.06. The Morgan fingerprint density at radius 2 is 1.44 bits per heavy atom. The molecule has 3 aliphatic rings. The van der Waals surface area contributed by atoms with Gasteiger partial charge in [-0.15, -0.1) is 0 Å². The van der Waals surface area contributed by atoms with Crippen molar-refractivity contribution in [2.75, 3.05) is 7.11 Å². The van der Waals surface area contributed by atoms with E-state index < -0.39 is 8.07 Å². The average Bonchev–Trinajstić information content (AvgIpc) is 3.25. The van der Waals surface area contributed by atoms with Gasteiger partial charge < -0.3 is 4.74 Å². The van der Waals surface area contributed by atoms with Crippen LogP contribution in [0, 0.1) is 5.92 Å². The fraction of sp³-hybridized carbons (Fsp3) is 0.375. The first-order valence-corrected chi connectivity index (χ1v) is 12.3. The Morgan fingerprint density at radius 1 is 0.889 bits per heavy atom. The molecule has 3 heteroatoms. The zero-order chi connectivity index (χ0) is 18.4. The molecule has 27 heavy (non-hydrogen) atoms. The minimum atomic E-state index is -2.13. The largest absolute Gasteiger partial charge is 0.469 e. The van der Waals surface area contributed by atoms with Gasteiger partial charge in [0, 0.05) is 0 Å². The lowest BCUT2D eigenvalue weighted by Gasteiger charge is -2.36. The highest BCUT2D eigenvalue weighted by Gasteiger charge is 2.66. The predicted molar refractivity (Wildman–Crippen MR) is 111 cm³/mol. The summed E-state index contributed by atoms with van der Waals surface area (Å²) in [6, 6.07) is 22.3. The van der Waals surface area contributed by atoms with Crippen LogP contribution in [0.15, 0.2) is 71.8 Å². The van der Waals surface area contributed by atoms with Crippen LogP contribution in [0.3, 0.4) is 0 Å². The summed E-state index contributed by atoms with van der Waals surface area (Å²) in [5.74, 6) is 0.0345. The molecule has 2 heterocycles. The number of allylic oxidation sites excluding steroid dienone is 2. The van der Waals surface area contributed by atoms with Crippen molar-refractivity contribution in [2.24, 2.45) is 5.92 Å². The molecule has 1 fully saturated rings. The van der Waals surface area contributed by atoms with Gasteiger partial charge in [-0.1, -0.05) is 82.2 Å². The zero-order valence-electron chi connectivity index (χ0n) is 15.9. The van der Waals surface area contributed by atoms with Gasteiger partial charge in [0.1, 0.15) is 8.07 Å². The van der Waals surface area contributed by atoms with Crippen LogP contribution in [0.1, 0.15) is 32.1 Å². The van der Waals surface area contributed by atoms with Gasteiger partial charge in [0.05, 0.1) is 13.0 Å². The van der Waals surface area contributed by atoms with Gasteiger partial charge in [-0.25, -0.2) is 0 Å². The van der Waals surface area contributed by atoms with Crippen molar-refractivity contribution in [1.82, 2.24) is 0 Å². The molecular weight excluding hydrogens is 348 g/mol. The van der Waals surface area contributed by atoms with Crippen molar-refractivity contribution in [3.05, 3.63) is 71.8 Å². The number of hydrogen-bond acceptors (Lipinski definition) is 2. The standard InChI is InChI=1S/C24H26O2Si/c1-26-24(25)21-16-22-19-14-8-9-15-20(19)23(21)27(22,17-10-4-2-5-11-17)18-12-6-3-7-13-18/h2-7,10-13,21-23H,8-9,14-16H2,1H3/t21-,22-,23-/m1/s1. The molecule has 2 aromatic carbocycles. The number of carbonyl (C=O) groups excluding carboxylic acids is 1. The van der Waals surface area contributed by atoms with Crippen LogP contribution in [0.5, 0.6) is 0 Å². The molecular formula is C24H26O2Si. The third-order valence-corrected chi connectivity index (χ3v) is 13.3. The van der Waals surface area contributed by atoms with Crippen LogP contribution >= 0.6 is 0 Å². The highest BCUT2D eigenvalue weighted by atomic mass is 28.3. The number of rotatable bonds is 3. The second-order valence-corrected chi connectivity index (χ2v) is 12.5. The summed E-state index contributed by atoms with van der Waals surface area (Å²) in [5.41, 5.74) is 4.26. The summed E-state index contributed by atoms with van der Waals surface area (Å²) in [4.78, 5) is 12.8. The summed E-state index contributed by atoms with van der Waals surface area (Å²) in [6.45, 7) is 0. The number of benzene rings is 2. The Balaban J connectivity index is 1.77. The molecule has 0 aromatic heterocycles. The Morgan fingerprint density at radius 3 is 2.00 bits per heavy atom. The first kappa shape index (κ1) is 17.0. The van der Waals surface area contributed by atoms with Crippen LogP contribution in [0.25, 0.3) is 0 Å². The van der Waals surface area contributed by atoms with Gasteiger partial charge in [0.15, 0.2) is 0 Å². The highest BCUT2D eigenvalue weighted by Crippen LogP contribution is 2.66. The molecule has 138 valence electrons. The molecule has 2 aromatic rings. The van der Waals surface area contributed by atoms with Crippen molar-refractivity contribution >= 4 is 24.4 Å². The van der Waals surface area contributed by atoms with Crippen molar-refractivity contribution in [2.45, 2.75) is 43.2 Å². The van der Waals surface area contributed by atoms with Crippen LogP contribution in [-0.2, 0) is 9.53 Å². The van der Waals surface area contributed by atoms with Gasteiger partial charge in [-0.3, -0.25) is 4.79 Å². The Hall–Kier alpha value is -2.13. The third-order valence-electron chi connectivity index (χ3n) is 7.29. The van der Waals surface area contributed by atoms with E-state index in [0.29, 0.717) is 11.1 Å². The SMILES string of the molecule is COC(=O)[C@@H]1C[C@@H]2C3=C(CCCC3)[C@H]1[Si]2(c1ccccc1)c1ccccc1. The molecule has 0 N–H and O–H groups in total. The van der Waals surface area contributed by atoms with E-state index in [2.05, 4.69) is 60.7 Å². The zero-order valence-corrected chi connectivity index (χ0v) is 16.9. The summed E-state index contributed by atoms with van der Waals surface area (Å²) >= 11 is 0. The van der Waals surface area contributed by atoms with Crippen LogP contribution < -0.4 is 10.4 Å². The molecule has 1 saturated heterocycles. The van der Waals surface area contributed by atoms with Crippen molar-refractivity contribution in [1.29, 1.82) is 0 Å². The smallest absolute Gasteiger partial charge is 0.309 e. The van der Waals surface area contributed by atoms with E-state index in [4.69, 9.17) is 4.74 Å². The van der Waals surface area contributed by atoms with Crippen molar-refractivity contribution in [3.63, 3.8) is 0 Å². The van der Waals surface area contributed by atoms with Crippen molar-refractivity contribution in [3.8, 4) is 0 Å².